The zero-order valence-electron chi connectivity index (χ0n) is 13.7. The Hall–Kier alpha value is -2.51. The highest BCUT2D eigenvalue weighted by atomic mass is 16.1. The third-order valence-electron chi connectivity index (χ3n) is 3.80. The molecule has 3 rings (SSSR count). The summed E-state index contributed by atoms with van der Waals surface area (Å²) < 4.78 is 1.91. The van der Waals surface area contributed by atoms with Crippen molar-refractivity contribution < 1.29 is 4.79 Å². The van der Waals surface area contributed by atoms with Gasteiger partial charge in [0, 0.05) is 25.2 Å². The zero-order valence-corrected chi connectivity index (χ0v) is 13.7. The normalized spacial score (nSPS) is 13.6. The van der Waals surface area contributed by atoms with Gasteiger partial charge in [-0.15, -0.1) is 0 Å². The summed E-state index contributed by atoms with van der Waals surface area (Å²) in [6.45, 7) is 7.83. The molecule has 0 fully saturated rings. The molecule has 23 heavy (non-hydrogen) atoms. The quantitative estimate of drug-likeness (QED) is 0.791. The lowest BCUT2D eigenvalue weighted by Gasteiger charge is -2.19. The molecule has 0 saturated heterocycles. The van der Waals surface area contributed by atoms with E-state index >= 15 is 0 Å². The second-order valence-electron chi connectivity index (χ2n) is 5.66. The van der Waals surface area contributed by atoms with Crippen LogP contribution in [-0.2, 0) is 13.0 Å². The fourth-order valence-corrected chi connectivity index (χ4v) is 2.76. The molecule has 3 heterocycles. The van der Waals surface area contributed by atoms with Gasteiger partial charge in [0.25, 0.3) is 5.91 Å². The summed E-state index contributed by atoms with van der Waals surface area (Å²) in [5.74, 6) is 2.98. The minimum Gasteiger partial charge on any atom is -0.370 e. The molecular weight excluding hydrogens is 294 g/mol. The summed E-state index contributed by atoms with van der Waals surface area (Å²) in [6, 6.07) is 0. The van der Waals surface area contributed by atoms with Crippen LogP contribution in [0.25, 0.3) is 0 Å². The molecule has 1 aliphatic rings. The van der Waals surface area contributed by atoms with Crippen LogP contribution in [0, 0.1) is 20.8 Å². The monoisotopic (exact) mass is 315 g/mol. The van der Waals surface area contributed by atoms with Gasteiger partial charge in [0.1, 0.15) is 29.0 Å². The van der Waals surface area contributed by atoms with E-state index in [2.05, 4.69) is 30.7 Å². The Labute approximate surface area is 134 Å². The first-order valence-electron chi connectivity index (χ1n) is 7.82. The van der Waals surface area contributed by atoms with Crippen molar-refractivity contribution in [1.82, 2.24) is 30.0 Å². The number of aryl methyl sites for hydroxylation is 4. The Kier molecular flexibility index (Phi) is 4.22. The number of aromatic nitrogens is 5. The van der Waals surface area contributed by atoms with Gasteiger partial charge in [0.2, 0.25) is 0 Å². The van der Waals surface area contributed by atoms with E-state index in [4.69, 9.17) is 0 Å². The van der Waals surface area contributed by atoms with Crippen molar-refractivity contribution in [3.63, 3.8) is 0 Å². The van der Waals surface area contributed by atoms with E-state index in [0.29, 0.717) is 18.1 Å². The van der Waals surface area contributed by atoms with Gasteiger partial charge >= 0.3 is 0 Å². The number of hydrogen-bond donors (Lipinski definition) is 2. The fourth-order valence-electron chi connectivity index (χ4n) is 2.76. The molecule has 0 aromatic carbocycles. The molecule has 0 radical (unpaired) electrons. The zero-order chi connectivity index (χ0) is 16.4. The van der Waals surface area contributed by atoms with Gasteiger partial charge in [0.05, 0.1) is 0 Å². The molecule has 2 aromatic rings. The summed E-state index contributed by atoms with van der Waals surface area (Å²) in [7, 11) is 0. The average Bonchev–Trinajstić information content (AvgIpc) is 2.82. The number of hydrogen-bond acceptors (Lipinski definition) is 6. The van der Waals surface area contributed by atoms with E-state index in [1.807, 2.05) is 18.5 Å². The second kappa shape index (κ2) is 6.31. The fraction of sp³-hybridized carbons (Fsp3) is 0.533. The maximum atomic E-state index is 11.9. The van der Waals surface area contributed by atoms with Crippen molar-refractivity contribution in [2.75, 3.05) is 18.4 Å². The number of fused-ring (bicyclic) bond motifs is 1. The molecule has 2 N–H and O–H groups in total. The lowest BCUT2D eigenvalue weighted by molar-refractivity contribution is 0.0940. The van der Waals surface area contributed by atoms with Crippen LogP contribution in [0.2, 0.25) is 0 Å². The van der Waals surface area contributed by atoms with Gasteiger partial charge in [-0.2, -0.15) is 5.10 Å². The third kappa shape index (κ3) is 3.30. The van der Waals surface area contributed by atoms with E-state index in [9.17, 15) is 4.79 Å². The molecule has 122 valence electrons. The number of amides is 1. The maximum Gasteiger partial charge on any atom is 0.270 e. The Morgan fingerprint density at radius 2 is 2.00 bits per heavy atom. The van der Waals surface area contributed by atoms with Crippen molar-refractivity contribution in [3.05, 3.63) is 28.7 Å². The Balaban J connectivity index is 1.64. The van der Waals surface area contributed by atoms with Gasteiger partial charge < -0.3 is 10.6 Å². The molecule has 2 aromatic heterocycles. The maximum absolute atomic E-state index is 11.9. The Bertz CT molecular complexity index is 738. The van der Waals surface area contributed by atoms with Gasteiger partial charge in [0.15, 0.2) is 0 Å². The van der Waals surface area contributed by atoms with Gasteiger partial charge in [-0.05, 0) is 33.6 Å². The molecule has 0 spiro atoms. The predicted octanol–water partition coefficient (Wildman–Crippen LogP) is 0.781. The van der Waals surface area contributed by atoms with E-state index in [1.165, 1.54) is 0 Å². The minimum atomic E-state index is -0.117. The van der Waals surface area contributed by atoms with Crippen LogP contribution in [0.3, 0.4) is 0 Å². The largest absolute Gasteiger partial charge is 0.370 e. The summed E-state index contributed by atoms with van der Waals surface area (Å²) in [6.07, 6.45) is 1.65. The number of rotatable bonds is 5. The second-order valence-corrected chi connectivity index (χ2v) is 5.66. The Morgan fingerprint density at radius 1 is 1.17 bits per heavy atom. The molecule has 0 bridgehead atoms. The molecule has 1 aliphatic heterocycles. The third-order valence-corrected chi connectivity index (χ3v) is 3.80. The minimum absolute atomic E-state index is 0.117. The van der Waals surface area contributed by atoms with Gasteiger partial charge in [-0.3, -0.25) is 9.48 Å². The van der Waals surface area contributed by atoms with Crippen LogP contribution in [0.15, 0.2) is 0 Å². The van der Waals surface area contributed by atoms with Crippen LogP contribution >= 0.6 is 0 Å². The van der Waals surface area contributed by atoms with Gasteiger partial charge in [-0.1, -0.05) is 0 Å². The SMILES string of the molecule is Cc1nc(NCCCn2nc(C)nc2C)c2c(n1)C(=O)NCC2. The summed E-state index contributed by atoms with van der Waals surface area (Å²) in [5.41, 5.74) is 1.40. The highest BCUT2D eigenvalue weighted by molar-refractivity contribution is 5.95. The first-order valence-corrected chi connectivity index (χ1v) is 7.82. The van der Waals surface area contributed by atoms with Crippen LogP contribution in [0.4, 0.5) is 5.82 Å². The Morgan fingerprint density at radius 3 is 2.74 bits per heavy atom. The smallest absolute Gasteiger partial charge is 0.270 e. The van der Waals surface area contributed by atoms with Crippen LogP contribution in [0.1, 0.15) is 39.9 Å². The number of nitrogens with one attached hydrogen (secondary N) is 2. The van der Waals surface area contributed by atoms with Gasteiger partial charge in [-0.25, -0.2) is 15.0 Å². The van der Waals surface area contributed by atoms with Crippen molar-refractivity contribution in [2.24, 2.45) is 0 Å². The van der Waals surface area contributed by atoms with Crippen LogP contribution in [-0.4, -0.2) is 43.7 Å². The number of nitrogens with zero attached hydrogens (tertiary/aromatic N) is 5. The molecule has 8 heteroatoms. The molecule has 0 atom stereocenters. The summed E-state index contributed by atoms with van der Waals surface area (Å²) >= 11 is 0. The molecular formula is C15H21N7O. The molecule has 0 saturated carbocycles. The topological polar surface area (TPSA) is 97.6 Å². The number of carbonyl (C=O) groups is 1. The van der Waals surface area contributed by atoms with Crippen molar-refractivity contribution >= 4 is 11.7 Å². The molecule has 0 aliphatic carbocycles. The highest BCUT2D eigenvalue weighted by Gasteiger charge is 2.22. The highest BCUT2D eigenvalue weighted by Crippen LogP contribution is 2.20. The van der Waals surface area contributed by atoms with E-state index in [-0.39, 0.29) is 5.91 Å². The van der Waals surface area contributed by atoms with E-state index in [0.717, 1.165) is 49.0 Å². The standard InChI is InChI=1S/C15H21N7O/c1-9-19-13-12(5-7-17-15(13)23)14(20-9)16-6-4-8-22-11(3)18-10(2)21-22/h4-8H2,1-3H3,(H,17,23)(H,16,19,20). The number of carbonyl (C=O) groups excluding carboxylic acids is 1. The predicted molar refractivity (Wildman–Crippen MR) is 85.4 cm³/mol. The lowest BCUT2D eigenvalue weighted by atomic mass is 10.1. The van der Waals surface area contributed by atoms with E-state index in [1.54, 1.807) is 6.92 Å². The molecule has 0 unspecified atom stereocenters. The van der Waals surface area contributed by atoms with Crippen molar-refractivity contribution in [2.45, 2.75) is 40.2 Å². The summed E-state index contributed by atoms with van der Waals surface area (Å²) in [4.78, 5) is 24.9. The van der Waals surface area contributed by atoms with Crippen LogP contribution in [0.5, 0.6) is 0 Å². The summed E-state index contributed by atoms with van der Waals surface area (Å²) in [5, 5.41) is 10.5. The lowest BCUT2D eigenvalue weighted by Crippen LogP contribution is -2.34. The van der Waals surface area contributed by atoms with E-state index < -0.39 is 0 Å². The van der Waals surface area contributed by atoms with Crippen LogP contribution < -0.4 is 10.6 Å². The molecule has 8 nitrogen and oxygen atoms in total. The first-order chi connectivity index (χ1) is 11.0. The number of anilines is 1. The first kappa shape index (κ1) is 15.4. The van der Waals surface area contributed by atoms with Crippen molar-refractivity contribution in [3.8, 4) is 0 Å². The molecule has 1 amide bonds. The van der Waals surface area contributed by atoms with Crippen molar-refractivity contribution in [1.29, 1.82) is 0 Å². The average molecular weight is 315 g/mol.